The normalized spacial score (nSPS) is 10.6. The van der Waals surface area contributed by atoms with Crippen molar-refractivity contribution in [2.45, 2.75) is 6.54 Å². The minimum absolute atomic E-state index is 0.0732. The number of hydrogen-bond acceptors (Lipinski definition) is 2. The first-order valence-electron chi connectivity index (χ1n) is 5.17. The fraction of sp³-hybridized carbons (Fsp3) is 0.0833. The van der Waals surface area contributed by atoms with Crippen LogP contribution in [0.2, 0.25) is 0 Å². The quantitative estimate of drug-likeness (QED) is 0.521. The van der Waals surface area contributed by atoms with Gasteiger partial charge in [-0.1, -0.05) is 6.07 Å². The van der Waals surface area contributed by atoms with Gasteiger partial charge in [-0.25, -0.2) is 22.5 Å². The number of pyridine rings is 1. The van der Waals surface area contributed by atoms with Crippen LogP contribution in [-0.4, -0.2) is 4.98 Å². The summed E-state index contributed by atoms with van der Waals surface area (Å²) in [7, 11) is 0. The van der Waals surface area contributed by atoms with E-state index in [-0.39, 0.29) is 12.6 Å². The average molecular weight is 335 g/mol. The molecule has 0 saturated carbocycles. The Balaban J connectivity index is 2.25. The van der Waals surface area contributed by atoms with Gasteiger partial charge in [-0.15, -0.1) is 0 Å². The fourth-order valence-corrected chi connectivity index (χ4v) is 1.84. The maximum atomic E-state index is 13.4. The molecular formula is C12H7BrF4N2. The van der Waals surface area contributed by atoms with Crippen LogP contribution in [-0.2, 0) is 6.54 Å². The summed E-state index contributed by atoms with van der Waals surface area (Å²) >= 11 is 3.13. The standard InChI is InChI=1S/C12H7BrF4N2/c13-9-3-1-2-6(19-9)5-18-12-10(16)7(14)4-8(15)11(12)17/h1-4,18H,5H2. The summed E-state index contributed by atoms with van der Waals surface area (Å²) in [6.45, 7) is -0.0732. The molecule has 7 heteroatoms. The lowest BCUT2D eigenvalue weighted by molar-refractivity contribution is 0.458. The summed E-state index contributed by atoms with van der Waals surface area (Å²) in [4.78, 5) is 4.01. The molecule has 2 aromatic rings. The highest BCUT2D eigenvalue weighted by Gasteiger charge is 2.18. The Morgan fingerprint density at radius 2 is 1.68 bits per heavy atom. The number of aromatic nitrogens is 1. The van der Waals surface area contributed by atoms with Gasteiger partial charge < -0.3 is 5.32 Å². The second-order valence-electron chi connectivity index (χ2n) is 3.65. The third kappa shape index (κ3) is 3.04. The van der Waals surface area contributed by atoms with Crippen LogP contribution in [0.5, 0.6) is 0 Å². The highest BCUT2D eigenvalue weighted by atomic mass is 79.9. The monoisotopic (exact) mass is 334 g/mol. The van der Waals surface area contributed by atoms with Crippen molar-refractivity contribution in [3.63, 3.8) is 0 Å². The summed E-state index contributed by atoms with van der Waals surface area (Å²) in [6, 6.07) is 5.11. The molecule has 100 valence electrons. The lowest BCUT2D eigenvalue weighted by Crippen LogP contribution is -2.08. The summed E-state index contributed by atoms with van der Waals surface area (Å²) in [5, 5.41) is 2.29. The van der Waals surface area contributed by atoms with Crippen molar-refractivity contribution in [1.82, 2.24) is 4.98 Å². The van der Waals surface area contributed by atoms with E-state index in [0.717, 1.165) is 0 Å². The van der Waals surface area contributed by atoms with E-state index < -0.39 is 29.0 Å². The topological polar surface area (TPSA) is 24.9 Å². The van der Waals surface area contributed by atoms with E-state index in [1.165, 1.54) is 0 Å². The van der Waals surface area contributed by atoms with Crippen LogP contribution < -0.4 is 5.32 Å². The molecule has 1 aromatic carbocycles. The first-order valence-corrected chi connectivity index (χ1v) is 5.96. The Hall–Kier alpha value is -1.63. The van der Waals surface area contributed by atoms with Gasteiger partial charge in [-0.05, 0) is 28.1 Å². The molecule has 1 N–H and O–H groups in total. The minimum atomic E-state index is -1.46. The van der Waals surface area contributed by atoms with Crippen LogP contribution in [0, 0.1) is 23.3 Å². The zero-order valence-corrected chi connectivity index (χ0v) is 10.9. The van der Waals surface area contributed by atoms with E-state index in [1.54, 1.807) is 18.2 Å². The van der Waals surface area contributed by atoms with Gasteiger partial charge in [-0.3, -0.25) is 0 Å². The predicted octanol–water partition coefficient (Wildman–Crippen LogP) is 4.01. The Bertz CT molecular complexity index is 593. The van der Waals surface area contributed by atoms with E-state index >= 15 is 0 Å². The van der Waals surface area contributed by atoms with Gasteiger partial charge in [-0.2, -0.15) is 0 Å². The first-order chi connectivity index (χ1) is 8.99. The van der Waals surface area contributed by atoms with Crippen molar-refractivity contribution >= 4 is 21.6 Å². The number of rotatable bonds is 3. The van der Waals surface area contributed by atoms with Crippen LogP contribution in [0.3, 0.4) is 0 Å². The molecule has 0 aliphatic carbocycles. The fourth-order valence-electron chi connectivity index (χ4n) is 1.46. The van der Waals surface area contributed by atoms with Crippen molar-refractivity contribution in [3.8, 4) is 0 Å². The Labute approximate surface area is 114 Å². The van der Waals surface area contributed by atoms with Crippen molar-refractivity contribution in [2.75, 3.05) is 5.32 Å². The van der Waals surface area contributed by atoms with E-state index in [9.17, 15) is 17.6 Å². The number of benzene rings is 1. The summed E-state index contributed by atoms with van der Waals surface area (Å²) in [6.07, 6.45) is 0. The molecule has 0 aliphatic heterocycles. The third-order valence-electron chi connectivity index (χ3n) is 2.33. The van der Waals surface area contributed by atoms with Gasteiger partial charge in [0.2, 0.25) is 0 Å². The van der Waals surface area contributed by atoms with Gasteiger partial charge in [0.1, 0.15) is 10.3 Å². The SMILES string of the molecule is Fc1cc(F)c(F)c(NCc2cccc(Br)n2)c1F. The zero-order valence-electron chi connectivity index (χ0n) is 9.35. The van der Waals surface area contributed by atoms with E-state index in [0.29, 0.717) is 10.3 Å². The van der Waals surface area contributed by atoms with Crippen molar-refractivity contribution in [1.29, 1.82) is 0 Å². The van der Waals surface area contributed by atoms with Crippen LogP contribution in [0.4, 0.5) is 23.2 Å². The molecule has 2 rings (SSSR count). The van der Waals surface area contributed by atoms with E-state index in [1.807, 2.05) is 0 Å². The molecule has 0 unspecified atom stereocenters. The number of halogens is 5. The highest BCUT2D eigenvalue weighted by molar-refractivity contribution is 9.10. The molecule has 0 bridgehead atoms. The van der Waals surface area contributed by atoms with Crippen LogP contribution in [0.15, 0.2) is 28.9 Å². The Morgan fingerprint density at radius 3 is 2.26 bits per heavy atom. The third-order valence-corrected chi connectivity index (χ3v) is 2.77. The second kappa shape index (κ2) is 5.56. The van der Waals surface area contributed by atoms with Crippen molar-refractivity contribution in [2.24, 2.45) is 0 Å². The molecule has 0 atom stereocenters. The second-order valence-corrected chi connectivity index (χ2v) is 4.46. The minimum Gasteiger partial charge on any atom is -0.374 e. The molecule has 0 radical (unpaired) electrons. The molecule has 0 fully saturated rings. The average Bonchev–Trinajstić information content (AvgIpc) is 2.36. The maximum absolute atomic E-state index is 13.4. The molecule has 0 saturated heterocycles. The molecule has 2 nitrogen and oxygen atoms in total. The number of nitrogens with one attached hydrogen (secondary N) is 1. The molecule has 0 amide bonds. The van der Waals surface area contributed by atoms with Crippen molar-refractivity contribution in [3.05, 3.63) is 57.8 Å². The van der Waals surface area contributed by atoms with Gasteiger partial charge in [0, 0.05) is 6.07 Å². The van der Waals surface area contributed by atoms with E-state index in [2.05, 4.69) is 26.2 Å². The number of anilines is 1. The van der Waals surface area contributed by atoms with E-state index in [4.69, 9.17) is 0 Å². The number of nitrogens with zero attached hydrogens (tertiary/aromatic N) is 1. The molecular weight excluding hydrogens is 328 g/mol. The molecule has 1 aromatic heterocycles. The Morgan fingerprint density at radius 1 is 1.05 bits per heavy atom. The van der Waals surface area contributed by atoms with Crippen LogP contribution in [0.1, 0.15) is 5.69 Å². The molecule has 19 heavy (non-hydrogen) atoms. The van der Waals surface area contributed by atoms with Crippen LogP contribution in [0.25, 0.3) is 0 Å². The summed E-state index contributed by atoms with van der Waals surface area (Å²) in [5.74, 6) is -5.84. The number of hydrogen-bond donors (Lipinski definition) is 1. The summed E-state index contributed by atoms with van der Waals surface area (Å²) in [5.41, 5.74) is -0.392. The Kier molecular flexibility index (Phi) is 4.04. The van der Waals surface area contributed by atoms with Gasteiger partial charge in [0.05, 0.1) is 12.2 Å². The maximum Gasteiger partial charge on any atom is 0.185 e. The van der Waals surface area contributed by atoms with Crippen LogP contribution >= 0.6 is 15.9 Å². The summed E-state index contributed by atoms with van der Waals surface area (Å²) < 4.78 is 53.2. The zero-order chi connectivity index (χ0) is 14.0. The first kappa shape index (κ1) is 13.8. The predicted molar refractivity (Wildman–Crippen MR) is 65.5 cm³/mol. The smallest absolute Gasteiger partial charge is 0.185 e. The lowest BCUT2D eigenvalue weighted by Gasteiger charge is -2.09. The largest absolute Gasteiger partial charge is 0.374 e. The van der Waals surface area contributed by atoms with Gasteiger partial charge in [0.15, 0.2) is 23.3 Å². The van der Waals surface area contributed by atoms with Gasteiger partial charge >= 0.3 is 0 Å². The van der Waals surface area contributed by atoms with Crippen molar-refractivity contribution < 1.29 is 17.6 Å². The van der Waals surface area contributed by atoms with Gasteiger partial charge in [0.25, 0.3) is 0 Å². The lowest BCUT2D eigenvalue weighted by atomic mass is 10.2. The molecule has 0 spiro atoms. The highest BCUT2D eigenvalue weighted by Crippen LogP contribution is 2.24. The molecule has 0 aliphatic rings. The molecule has 1 heterocycles.